The molecule has 1 atom stereocenters. The van der Waals surface area contributed by atoms with Crippen molar-refractivity contribution in [1.82, 2.24) is 15.1 Å². The quantitative estimate of drug-likeness (QED) is 0.575. The van der Waals surface area contributed by atoms with Crippen molar-refractivity contribution in [3.63, 3.8) is 0 Å². The number of nitrogens with zero attached hydrogens (tertiary/aromatic N) is 3. The number of fused-ring (bicyclic) bond motifs is 2. The van der Waals surface area contributed by atoms with Crippen molar-refractivity contribution >= 4 is 33.4 Å². The van der Waals surface area contributed by atoms with Gasteiger partial charge >= 0.3 is 6.09 Å². The average Bonchev–Trinajstić information content (AvgIpc) is 3.20. The Balaban J connectivity index is 1.76. The lowest BCUT2D eigenvalue weighted by atomic mass is 10.1. The Bertz CT molecular complexity index is 1300. The van der Waals surface area contributed by atoms with E-state index in [0.29, 0.717) is 30.1 Å². The molecule has 2 aromatic rings. The molecule has 2 aliphatic rings. The van der Waals surface area contributed by atoms with Gasteiger partial charge in [0.15, 0.2) is 4.90 Å². The lowest BCUT2D eigenvalue weighted by Gasteiger charge is -2.36. The van der Waals surface area contributed by atoms with E-state index in [-0.39, 0.29) is 35.5 Å². The first-order valence-corrected chi connectivity index (χ1v) is 13.5. The van der Waals surface area contributed by atoms with Gasteiger partial charge in [-0.05, 0) is 58.2 Å². The summed E-state index contributed by atoms with van der Waals surface area (Å²) in [5, 5.41) is 9.71. The van der Waals surface area contributed by atoms with Crippen molar-refractivity contribution < 1.29 is 32.2 Å². The molecule has 0 aliphatic carbocycles. The zero-order chi connectivity index (χ0) is 27.0. The van der Waals surface area contributed by atoms with E-state index < -0.39 is 27.8 Å². The summed E-state index contributed by atoms with van der Waals surface area (Å²) in [7, 11) is -2.78. The average molecular weight is 536 g/mol. The molecule has 3 heterocycles. The number of rotatable bonds is 6. The fraction of sp³-hybridized carbons (Fsp3) is 0.542. The molecular formula is C24H33N5O7S. The summed E-state index contributed by atoms with van der Waals surface area (Å²) in [5.41, 5.74) is 0.468. The highest BCUT2D eigenvalue weighted by molar-refractivity contribution is 7.93. The molecule has 1 aromatic carbocycles. The number of carbonyl (C=O) groups is 2. The second-order valence-corrected chi connectivity index (χ2v) is 11.8. The first-order chi connectivity index (χ1) is 17.4. The maximum atomic E-state index is 14.2. The highest BCUT2D eigenvalue weighted by Crippen LogP contribution is 2.42. The molecule has 202 valence electrons. The number of hydrogen-bond acceptors (Lipinski definition) is 8. The summed E-state index contributed by atoms with van der Waals surface area (Å²) >= 11 is 0. The molecule has 37 heavy (non-hydrogen) atoms. The van der Waals surface area contributed by atoms with Crippen LogP contribution in [0.15, 0.2) is 23.1 Å². The van der Waals surface area contributed by atoms with Crippen LogP contribution in [0.5, 0.6) is 11.6 Å². The number of nitrogens with one attached hydrogen (secondary N) is 2. The molecule has 0 spiro atoms. The summed E-state index contributed by atoms with van der Waals surface area (Å²) in [6.45, 7) is 7.27. The standard InChI is InChI=1S/C24H33N5O7S/c1-15(30)25-13-17-14-29(37(32,33)21-18-8-6-7-11-28(18)27-22(21)34-5)19-12-16(9-10-20(19)35-17)26-23(31)36-24(2,3)4/h9-10,12,17H,6-8,11,13-14H2,1-5H3,(H,25,30)(H,26,31). The van der Waals surface area contributed by atoms with Crippen molar-refractivity contribution in [2.45, 2.75) is 70.1 Å². The molecule has 0 radical (unpaired) electrons. The molecule has 1 unspecified atom stereocenters. The number of methoxy groups -OCH3 is 1. The first kappa shape index (κ1) is 26.6. The fourth-order valence-electron chi connectivity index (χ4n) is 4.34. The van der Waals surface area contributed by atoms with Crippen molar-refractivity contribution in [3.05, 3.63) is 23.9 Å². The maximum Gasteiger partial charge on any atom is 0.412 e. The van der Waals surface area contributed by atoms with E-state index in [0.717, 1.165) is 12.8 Å². The lowest BCUT2D eigenvalue weighted by Crippen LogP contribution is -2.48. The van der Waals surface area contributed by atoms with Crippen molar-refractivity contribution in [2.75, 3.05) is 29.8 Å². The minimum atomic E-state index is -4.17. The van der Waals surface area contributed by atoms with Crippen molar-refractivity contribution in [1.29, 1.82) is 0 Å². The van der Waals surface area contributed by atoms with Gasteiger partial charge in [-0.3, -0.25) is 19.1 Å². The Morgan fingerprint density at radius 1 is 1.24 bits per heavy atom. The monoisotopic (exact) mass is 535 g/mol. The molecule has 4 rings (SSSR count). The summed E-state index contributed by atoms with van der Waals surface area (Å²) in [6.07, 6.45) is 0.975. The van der Waals surface area contributed by atoms with Gasteiger partial charge in [-0.1, -0.05) is 0 Å². The maximum absolute atomic E-state index is 14.2. The number of benzene rings is 1. The van der Waals surface area contributed by atoms with E-state index >= 15 is 0 Å². The zero-order valence-corrected chi connectivity index (χ0v) is 22.5. The molecule has 0 saturated heterocycles. The molecule has 0 bridgehead atoms. The minimum Gasteiger partial charge on any atom is -0.484 e. The predicted octanol–water partition coefficient (Wildman–Crippen LogP) is 2.67. The number of carbonyl (C=O) groups excluding carboxylic acids is 2. The molecule has 13 heteroatoms. The normalized spacial score (nSPS) is 17.2. The van der Waals surface area contributed by atoms with Gasteiger partial charge in [-0.15, -0.1) is 5.10 Å². The van der Waals surface area contributed by atoms with E-state index in [4.69, 9.17) is 14.2 Å². The molecule has 2 aliphatic heterocycles. The van der Waals surface area contributed by atoms with Gasteiger partial charge < -0.3 is 19.5 Å². The smallest absolute Gasteiger partial charge is 0.412 e. The highest BCUT2D eigenvalue weighted by Gasteiger charge is 2.40. The Hall–Kier alpha value is -3.48. The van der Waals surface area contributed by atoms with Crippen LogP contribution < -0.4 is 24.4 Å². The molecule has 12 nitrogen and oxygen atoms in total. The predicted molar refractivity (Wildman–Crippen MR) is 136 cm³/mol. The second-order valence-electron chi connectivity index (χ2n) is 9.99. The van der Waals surface area contributed by atoms with Crippen LogP contribution >= 0.6 is 0 Å². The zero-order valence-electron chi connectivity index (χ0n) is 21.7. The third kappa shape index (κ3) is 5.76. The number of anilines is 2. The third-order valence-corrected chi connectivity index (χ3v) is 7.72. The Labute approximate surface area is 216 Å². The SMILES string of the molecule is COc1nn2c(c1S(=O)(=O)N1CC(CNC(C)=O)Oc3ccc(NC(=O)OC(C)(C)C)cc31)CCCC2. The minimum absolute atomic E-state index is 0.0198. The highest BCUT2D eigenvalue weighted by atomic mass is 32.2. The fourth-order valence-corrected chi connectivity index (χ4v) is 6.18. The summed E-state index contributed by atoms with van der Waals surface area (Å²) < 4.78 is 48.1. The Morgan fingerprint density at radius 2 is 2.00 bits per heavy atom. The summed E-state index contributed by atoms with van der Waals surface area (Å²) in [5.74, 6) is 0.0689. The molecule has 0 fully saturated rings. The van der Waals surface area contributed by atoms with Crippen molar-refractivity contribution in [3.8, 4) is 11.6 Å². The van der Waals surface area contributed by atoms with Gasteiger partial charge in [0.05, 0.1) is 31.6 Å². The number of ether oxygens (including phenoxy) is 3. The second kappa shape index (κ2) is 10.1. The van der Waals surface area contributed by atoms with Gasteiger partial charge in [-0.2, -0.15) is 0 Å². The summed E-state index contributed by atoms with van der Waals surface area (Å²) in [4.78, 5) is 23.9. The van der Waals surface area contributed by atoms with Gasteiger partial charge in [0.1, 0.15) is 17.5 Å². The number of hydrogen-bond donors (Lipinski definition) is 2. The van der Waals surface area contributed by atoms with Gasteiger partial charge in [0.25, 0.3) is 15.9 Å². The van der Waals surface area contributed by atoms with Crippen LogP contribution in [-0.4, -0.2) is 62.1 Å². The molecule has 2 amide bonds. The third-order valence-electron chi connectivity index (χ3n) is 5.87. The van der Waals surface area contributed by atoms with Crippen LogP contribution in [0.4, 0.5) is 16.2 Å². The first-order valence-electron chi connectivity index (χ1n) is 12.1. The van der Waals surface area contributed by atoms with Gasteiger partial charge in [0.2, 0.25) is 5.91 Å². The van der Waals surface area contributed by atoms with Crippen LogP contribution in [0.1, 0.15) is 46.2 Å². The number of aryl methyl sites for hydroxylation is 1. The van der Waals surface area contributed by atoms with E-state index in [1.54, 1.807) is 37.6 Å². The topological polar surface area (TPSA) is 141 Å². The van der Waals surface area contributed by atoms with E-state index in [9.17, 15) is 18.0 Å². The number of sulfonamides is 1. The van der Waals surface area contributed by atoms with E-state index in [2.05, 4.69) is 15.7 Å². The summed E-state index contributed by atoms with van der Waals surface area (Å²) in [6, 6.07) is 4.69. The molecule has 0 saturated carbocycles. The van der Waals surface area contributed by atoms with Crippen LogP contribution in [0.25, 0.3) is 0 Å². The van der Waals surface area contributed by atoms with Gasteiger partial charge in [-0.25, -0.2) is 13.2 Å². The molecule has 2 N–H and O–H groups in total. The number of amides is 2. The van der Waals surface area contributed by atoms with Crippen LogP contribution in [-0.2, 0) is 32.5 Å². The Kier molecular flexibility index (Phi) is 7.27. The van der Waals surface area contributed by atoms with Crippen LogP contribution in [0.2, 0.25) is 0 Å². The van der Waals surface area contributed by atoms with E-state index in [1.165, 1.54) is 24.4 Å². The largest absolute Gasteiger partial charge is 0.484 e. The number of aromatic nitrogens is 2. The van der Waals surface area contributed by atoms with E-state index in [1.807, 2.05) is 0 Å². The van der Waals surface area contributed by atoms with Crippen LogP contribution in [0, 0.1) is 0 Å². The van der Waals surface area contributed by atoms with Crippen molar-refractivity contribution in [2.24, 2.45) is 0 Å². The molecular weight excluding hydrogens is 502 g/mol. The Morgan fingerprint density at radius 3 is 2.68 bits per heavy atom. The van der Waals surface area contributed by atoms with Crippen LogP contribution in [0.3, 0.4) is 0 Å². The van der Waals surface area contributed by atoms with Gasteiger partial charge in [0, 0.05) is 19.2 Å². The molecule has 1 aromatic heterocycles. The lowest BCUT2D eigenvalue weighted by molar-refractivity contribution is -0.119.